The molecule has 0 aromatic heterocycles. The summed E-state index contributed by atoms with van der Waals surface area (Å²) in [4.78, 5) is 23.0. The van der Waals surface area contributed by atoms with Crippen LogP contribution in [-0.4, -0.2) is 18.4 Å². The molecular weight excluding hydrogens is 168 g/mol. The number of cyclic esters (lactones) is 1. The molecule has 1 heterocycles. The lowest BCUT2D eigenvalue weighted by molar-refractivity contribution is -0.148. The molecule has 0 N–H and O–H groups in total. The first kappa shape index (κ1) is 8.73. The smallest absolute Gasteiger partial charge is 0.320 e. The zero-order chi connectivity index (χ0) is 9.64. The van der Waals surface area contributed by atoms with E-state index in [-0.39, 0.29) is 17.7 Å². The van der Waals surface area contributed by atoms with Gasteiger partial charge in [-0.05, 0) is 12.3 Å². The highest BCUT2D eigenvalue weighted by atomic mass is 16.5. The van der Waals surface area contributed by atoms with E-state index in [9.17, 15) is 9.59 Å². The standard InChI is InChI=1S/C10H14O3/c1-6(2)3-8(11)10-4-7(10)5-13-9(10)12/h6-7H,3-5H2,1-2H3/t7-,10-/m0/s1. The van der Waals surface area contributed by atoms with Crippen molar-refractivity contribution in [2.75, 3.05) is 6.61 Å². The zero-order valence-electron chi connectivity index (χ0n) is 8.00. The van der Waals surface area contributed by atoms with E-state index in [1.54, 1.807) is 0 Å². The molecule has 3 heteroatoms. The number of esters is 1. The summed E-state index contributed by atoms with van der Waals surface area (Å²) < 4.78 is 4.86. The van der Waals surface area contributed by atoms with Gasteiger partial charge < -0.3 is 4.74 Å². The van der Waals surface area contributed by atoms with E-state index in [0.717, 1.165) is 6.42 Å². The van der Waals surface area contributed by atoms with Gasteiger partial charge in [0, 0.05) is 12.3 Å². The number of ether oxygens (including phenoxy) is 1. The Labute approximate surface area is 77.4 Å². The Hall–Kier alpha value is -0.860. The summed E-state index contributed by atoms with van der Waals surface area (Å²) in [7, 11) is 0. The van der Waals surface area contributed by atoms with Crippen molar-refractivity contribution in [2.45, 2.75) is 26.7 Å². The lowest BCUT2D eigenvalue weighted by atomic mass is 9.93. The minimum atomic E-state index is -0.690. The Balaban J connectivity index is 2.09. The van der Waals surface area contributed by atoms with Crippen molar-refractivity contribution in [2.24, 2.45) is 17.3 Å². The van der Waals surface area contributed by atoms with E-state index in [0.29, 0.717) is 18.9 Å². The average Bonchev–Trinajstić information content (AvgIpc) is 2.67. The molecule has 1 saturated heterocycles. The maximum atomic E-state index is 11.7. The molecule has 0 unspecified atom stereocenters. The van der Waals surface area contributed by atoms with Gasteiger partial charge in [-0.25, -0.2) is 0 Å². The molecule has 0 spiro atoms. The summed E-state index contributed by atoms with van der Waals surface area (Å²) in [6.45, 7) is 4.45. The van der Waals surface area contributed by atoms with Crippen LogP contribution in [-0.2, 0) is 14.3 Å². The Kier molecular flexibility index (Phi) is 1.72. The van der Waals surface area contributed by atoms with Crippen LogP contribution in [0, 0.1) is 17.3 Å². The topological polar surface area (TPSA) is 43.4 Å². The van der Waals surface area contributed by atoms with Crippen molar-refractivity contribution in [1.82, 2.24) is 0 Å². The average molecular weight is 182 g/mol. The van der Waals surface area contributed by atoms with Gasteiger partial charge in [0.25, 0.3) is 0 Å². The van der Waals surface area contributed by atoms with Crippen LogP contribution in [0.2, 0.25) is 0 Å². The number of ketones is 1. The second kappa shape index (κ2) is 2.56. The summed E-state index contributed by atoms with van der Waals surface area (Å²) in [6, 6.07) is 0. The van der Waals surface area contributed by atoms with Crippen molar-refractivity contribution in [3.8, 4) is 0 Å². The van der Waals surface area contributed by atoms with Gasteiger partial charge in [0.15, 0.2) is 5.78 Å². The highest BCUT2D eigenvalue weighted by molar-refractivity contribution is 6.08. The molecule has 1 saturated carbocycles. The maximum absolute atomic E-state index is 11.7. The molecule has 0 radical (unpaired) electrons. The van der Waals surface area contributed by atoms with Crippen LogP contribution < -0.4 is 0 Å². The van der Waals surface area contributed by atoms with Gasteiger partial charge in [-0.2, -0.15) is 0 Å². The third-order valence-electron chi connectivity index (χ3n) is 2.98. The Morgan fingerprint density at radius 3 is 2.77 bits per heavy atom. The largest absolute Gasteiger partial charge is 0.465 e. The number of hydrogen-bond acceptors (Lipinski definition) is 3. The highest BCUT2D eigenvalue weighted by Crippen LogP contribution is 2.59. The van der Waals surface area contributed by atoms with Gasteiger partial charge in [-0.1, -0.05) is 13.8 Å². The second-order valence-corrected chi connectivity index (χ2v) is 4.49. The van der Waals surface area contributed by atoms with E-state index in [1.165, 1.54) is 0 Å². The molecule has 1 aliphatic heterocycles. The summed E-state index contributed by atoms with van der Waals surface area (Å²) in [5.74, 6) is 0.348. The first-order valence-electron chi connectivity index (χ1n) is 4.78. The van der Waals surface area contributed by atoms with Gasteiger partial charge in [-0.3, -0.25) is 9.59 Å². The van der Waals surface area contributed by atoms with Crippen molar-refractivity contribution < 1.29 is 14.3 Å². The van der Waals surface area contributed by atoms with E-state index in [1.807, 2.05) is 13.8 Å². The molecule has 72 valence electrons. The van der Waals surface area contributed by atoms with Crippen molar-refractivity contribution in [1.29, 1.82) is 0 Å². The molecule has 2 atom stereocenters. The minimum absolute atomic E-state index is 0.0926. The van der Waals surface area contributed by atoms with Gasteiger partial charge in [0.05, 0.1) is 6.61 Å². The van der Waals surface area contributed by atoms with Gasteiger partial charge in [0.1, 0.15) is 5.41 Å². The van der Waals surface area contributed by atoms with Gasteiger partial charge in [0.2, 0.25) is 0 Å². The van der Waals surface area contributed by atoms with E-state index < -0.39 is 5.41 Å². The maximum Gasteiger partial charge on any atom is 0.320 e. The first-order valence-corrected chi connectivity index (χ1v) is 4.78. The minimum Gasteiger partial charge on any atom is -0.465 e. The molecule has 0 amide bonds. The normalized spacial score (nSPS) is 35.9. The van der Waals surface area contributed by atoms with E-state index >= 15 is 0 Å². The fraction of sp³-hybridized carbons (Fsp3) is 0.800. The summed E-state index contributed by atoms with van der Waals surface area (Å²) >= 11 is 0. The van der Waals surface area contributed by atoms with E-state index in [2.05, 4.69) is 0 Å². The molecule has 1 aliphatic carbocycles. The molecule has 3 nitrogen and oxygen atoms in total. The number of Topliss-reactive ketones (excluding diaryl/α,β-unsaturated/α-hetero) is 1. The fourth-order valence-corrected chi connectivity index (χ4v) is 2.09. The van der Waals surface area contributed by atoms with Crippen LogP contribution in [0.1, 0.15) is 26.7 Å². The van der Waals surface area contributed by atoms with Crippen LogP contribution >= 0.6 is 0 Å². The fourth-order valence-electron chi connectivity index (χ4n) is 2.09. The quantitative estimate of drug-likeness (QED) is 0.486. The molecular formula is C10H14O3. The van der Waals surface area contributed by atoms with Crippen molar-refractivity contribution in [3.05, 3.63) is 0 Å². The number of fused-ring (bicyclic) bond motifs is 1. The van der Waals surface area contributed by atoms with Crippen LogP contribution in [0.3, 0.4) is 0 Å². The zero-order valence-corrected chi connectivity index (χ0v) is 8.00. The van der Waals surface area contributed by atoms with Gasteiger partial charge >= 0.3 is 5.97 Å². The number of carbonyl (C=O) groups excluding carboxylic acids is 2. The van der Waals surface area contributed by atoms with Crippen molar-refractivity contribution >= 4 is 11.8 Å². The van der Waals surface area contributed by atoms with Crippen LogP contribution in [0.15, 0.2) is 0 Å². The Morgan fingerprint density at radius 2 is 2.38 bits per heavy atom. The summed E-state index contributed by atoms with van der Waals surface area (Å²) in [6.07, 6.45) is 1.24. The van der Waals surface area contributed by atoms with Gasteiger partial charge in [-0.15, -0.1) is 0 Å². The molecule has 0 aromatic carbocycles. The lowest BCUT2D eigenvalue weighted by Crippen LogP contribution is -2.25. The number of rotatable bonds is 3. The van der Waals surface area contributed by atoms with Crippen molar-refractivity contribution in [3.63, 3.8) is 0 Å². The first-order chi connectivity index (χ1) is 6.07. The highest BCUT2D eigenvalue weighted by Gasteiger charge is 2.70. The van der Waals surface area contributed by atoms with E-state index in [4.69, 9.17) is 4.74 Å². The molecule has 0 aromatic rings. The third kappa shape index (κ3) is 1.10. The number of hydrogen-bond donors (Lipinski definition) is 0. The van der Waals surface area contributed by atoms with Crippen LogP contribution in [0.4, 0.5) is 0 Å². The third-order valence-corrected chi connectivity index (χ3v) is 2.98. The molecule has 2 rings (SSSR count). The molecule has 0 bridgehead atoms. The summed E-state index contributed by atoms with van der Waals surface area (Å²) in [5, 5.41) is 0. The molecule has 13 heavy (non-hydrogen) atoms. The lowest BCUT2D eigenvalue weighted by Gasteiger charge is -2.09. The second-order valence-electron chi connectivity index (χ2n) is 4.49. The van der Waals surface area contributed by atoms with Crippen LogP contribution in [0.5, 0.6) is 0 Å². The SMILES string of the molecule is CC(C)CC(=O)[C@]12C[C@H]1COC2=O. The Bertz CT molecular complexity index is 269. The number of carbonyl (C=O) groups is 2. The molecule has 2 fully saturated rings. The molecule has 2 aliphatic rings. The predicted molar refractivity (Wildman–Crippen MR) is 46.0 cm³/mol. The predicted octanol–water partition coefficient (Wildman–Crippen LogP) is 1.16. The summed E-state index contributed by atoms with van der Waals surface area (Å²) in [5.41, 5.74) is -0.690. The monoisotopic (exact) mass is 182 g/mol. The Morgan fingerprint density at radius 1 is 1.69 bits per heavy atom. The van der Waals surface area contributed by atoms with Crippen LogP contribution in [0.25, 0.3) is 0 Å².